The van der Waals surface area contributed by atoms with Gasteiger partial charge in [0, 0.05) is 23.0 Å². The number of hydrogen-bond donors (Lipinski definition) is 1. The van der Waals surface area contributed by atoms with Crippen molar-refractivity contribution in [2.45, 2.75) is 19.5 Å². The van der Waals surface area contributed by atoms with E-state index in [2.05, 4.69) is 15.5 Å². The lowest BCUT2D eigenvalue weighted by molar-refractivity contribution is -0.137. The summed E-state index contributed by atoms with van der Waals surface area (Å²) in [6.45, 7) is -0.240. The third-order valence-electron chi connectivity index (χ3n) is 4.73. The maximum Gasteiger partial charge on any atom is 0.416 e. The number of carbonyl (C=O) groups is 1. The van der Waals surface area contributed by atoms with Crippen molar-refractivity contribution in [2.24, 2.45) is 0 Å². The molecule has 4 rings (SSSR count). The van der Waals surface area contributed by atoms with Crippen molar-refractivity contribution in [3.05, 3.63) is 93.6 Å². The third kappa shape index (κ3) is 5.92. The van der Waals surface area contributed by atoms with Gasteiger partial charge in [-0.05, 0) is 36.4 Å². The smallest absolute Gasteiger partial charge is 0.416 e. The van der Waals surface area contributed by atoms with Crippen LogP contribution in [-0.4, -0.2) is 25.5 Å². The SMILES string of the molecule is O=C(Nc1nn(Cc2c(F)cccc2Cl)cc1Cl)c1ccn(COc2cccc(C(F)(F)F)c2)n1. The van der Waals surface area contributed by atoms with Crippen molar-refractivity contribution < 1.29 is 27.1 Å². The number of benzene rings is 2. The first-order valence-corrected chi connectivity index (χ1v) is 10.7. The maximum atomic E-state index is 14.0. The van der Waals surface area contributed by atoms with Gasteiger partial charge in [0.15, 0.2) is 18.2 Å². The molecule has 0 aliphatic carbocycles. The van der Waals surface area contributed by atoms with Crippen molar-refractivity contribution in [1.82, 2.24) is 19.6 Å². The molecule has 0 fully saturated rings. The van der Waals surface area contributed by atoms with Gasteiger partial charge in [0.25, 0.3) is 5.91 Å². The first-order valence-electron chi connectivity index (χ1n) is 9.91. The van der Waals surface area contributed by atoms with Gasteiger partial charge in [-0.2, -0.15) is 23.4 Å². The Morgan fingerprint density at radius 1 is 1.03 bits per heavy atom. The molecule has 2 aromatic heterocycles. The molecule has 7 nitrogen and oxygen atoms in total. The number of amides is 1. The Morgan fingerprint density at radius 3 is 2.54 bits per heavy atom. The lowest BCUT2D eigenvalue weighted by atomic mass is 10.2. The summed E-state index contributed by atoms with van der Waals surface area (Å²) in [6, 6.07) is 10.1. The van der Waals surface area contributed by atoms with Gasteiger partial charge in [-0.15, -0.1) is 0 Å². The van der Waals surface area contributed by atoms with Gasteiger partial charge >= 0.3 is 6.18 Å². The molecule has 0 unspecified atom stereocenters. The molecule has 182 valence electrons. The second kappa shape index (κ2) is 9.96. The number of nitrogens with one attached hydrogen (secondary N) is 1. The first kappa shape index (κ1) is 24.6. The van der Waals surface area contributed by atoms with Gasteiger partial charge in [-0.25, -0.2) is 9.07 Å². The topological polar surface area (TPSA) is 74.0 Å². The van der Waals surface area contributed by atoms with E-state index < -0.39 is 23.5 Å². The third-order valence-corrected chi connectivity index (χ3v) is 5.36. The Kier molecular flexibility index (Phi) is 6.99. The summed E-state index contributed by atoms with van der Waals surface area (Å²) < 4.78 is 60.4. The minimum atomic E-state index is -4.49. The lowest BCUT2D eigenvalue weighted by Gasteiger charge is -2.10. The Bertz CT molecular complexity index is 1350. The number of anilines is 1. The molecule has 2 heterocycles. The van der Waals surface area contributed by atoms with Crippen LogP contribution in [-0.2, 0) is 19.5 Å². The number of halogens is 6. The number of aromatic nitrogens is 4. The van der Waals surface area contributed by atoms with Crippen LogP contribution in [0.3, 0.4) is 0 Å². The van der Waals surface area contributed by atoms with Crippen LogP contribution in [0.1, 0.15) is 21.6 Å². The summed E-state index contributed by atoms with van der Waals surface area (Å²) in [6.07, 6.45) is -1.67. The van der Waals surface area contributed by atoms with E-state index in [1.165, 1.54) is 52.1 Å². The molecule has 35 heavy (non-hydrogen) atoms. The second-order valence-electron chi connectivity index (χ2n) is 7.22. The van der Waals surface area contributed by atoms with E-state index >= 15 is 0 Å². The molecular weight excluding hydrogens is 513 g/mol. The Morgan fingerprint density at radius 2 is 1.80 bits per heavy atom. The average Bonchev–Trinajstić information content (AvgIpc) is 3.41. The summed E-state index contributed by atoms with van der Waals surface area (Å²) in [5, 5.41) is 11.0. The molecular formula is C22H15Cl2F4N5O2. The summed E-state index contributed by atoms with van der Waals surface area (Å²) in [5.41, 5.74) is -0.643. The molecule has 2 aromatic carbocycles. The minimum absolute atomic E-state index is 0.00592. The molecule has 1 N–H and O–H groups in total. The van der Waals surface area contributed by atoms with Crippen LogP contribution in [0.15, 0.2) is 60.9 Å². The zero-order chi connectivity index (χ0) is 25.2. The summed E-state index contributed by atoms with van der Waals surface area (Å²) >= 11 is 12.2. The molecule has 0 saturated carbocycles. The highest BCUT2D eigenvalue weighted by Gasteiger charge is 2.30. The van der Waals surface area contributed by atoms with Crippen molar-refractivity contribution in [2.75, 3.05) is 5.32 Å². The predicted molar refractivity (Wildman–Crippen MR) is 120 cm³/mol. The number of rotatable bonds is 7. The van der Waals surface area contributed by atoms with E-state index in [4.69, 9.17) is 27.9 Å². The largest absolute Gasteiger partial charge is 0.471 e. The van der Waals surface area contributed by atoms with E-state index in [1.807, 2.05) is 0 Å². The van der Waals surface area contributed by atoms with Crippen LogP contribution in [0, 0.1) is 5.82 Å². The highest BCUT2D eigenvalue weighted by Crippen LogP contribution is 2.31. The molecule has 13 heteroatoms. The van der Waals surface area contributed by atoms with Crippen LogP contribution in [0.4, 0.5) is 23.4 Å². The van der Waals surface area contributed by atoms with Crippen LogP contribution < -0.4 is 10.1 Å². The van der Waals surface area contributed by atoms with Crippen LogP contribution >= 0.6 is 23.2 Å². The van der Waals surface area contributed by atoms with Crippen LogP contribution in [0.25, 0.3) is 0 Å². The zero-order valence-electron chi connectivity index (χ0n) is 17.6. The van der Waals surface area contributed by atoms with Crippen molar-refractivity contribution in [1.29, 1.82) is 0 Å². The summed E-state index contributed by atoms with van der Waals surface area (Å²) in [5.74, 6) is -1.13. The van der Waals surface area contributed by atoms with E-state index in [0.717, 1.165) is 12.1 Å². The van der Waals surface area contributed by atoms with Gasteiger partial charge < -0.3 is 10.1 Å². The van der Waals surface area contributed by atoms with Gasteiger partial charge in [-0.1, -0.05) is 35.3 Å². The predicted octanol–water partition coefficient (Wildman–Crippen LogP) is 5.88. The molecule has 0 radical (unpaired) electrons. The molecule has 1 amide bonds. The van der Waals surface area contributed by atoms with Crippen molar-refractivity contribution >= 4 is 34.9 Å². The Labute approximate surface area is 205 Å². The van der Waals surface area contributed by atoms with Gasteiger partial charge in [0.05, 0.1) is 12.1 Å². The fourth-order valence-electron chi connectivity index (χ4n) is 3.04. The number of hydrogen-bond acceptors (Lipinski definition) is 4. The van der Waals surface area contributed by atoms with Crippen molar-refractivity contribution in [3.8, 4) is 5.75 Å². The Hall–Kier alpha value is -3.57. The summed E-state index contributed by atoms with van der Waals surface area (Å²) in [7, 11) is 0. The molecule has 0 saturated heterocycles. The maximum absolute atomic E-state index is 14.0. The number of carbonyl (C=O) groups excluding carboxylic acids is 1. The fraction of sp³-hybridized carbons (Fsp3) is 0.136. The average molecular weight is 528 g/mol. The van der Waals surface area contributed by atoms with Crippen molar-refractivity contribution in [3.63, 3.8) is 0 Å². The normalized spacial score (nSPS) is 11.5. The lowest BCUT2D eigenvalue weighted by Crippen LogP contribution is -2.15. The van der Waals surface area contributed by atoms with Gasteiger partial charge in [-0.3, -0.25) is 9.48 Å². The molecule has 4 aromatic rings. The standard InChI is InChI=1S/C22H15Cl2F4N5O2/c23-16-5-2-6-18(25)15(16)10-33-11-17(24)20(31-33)29-21(34)19-7-8-32(30-19)12-35-14-4-1-3-13(9-14)22(26,27)28/h1-9,11H,10,12H2,(H,29,31,34). The number of nitrogens with zero attached hydrogens (tertiary/aromatic N) is 4. The second-order valence-corrected chi connectivity index (χ2v) is 8.03. The quantitative estimate of drug-likeness (QED) is 0.304. The highest BCUT2D eigenvalue weighted by atomic mass is 35.5. The molecule has 0 aliphatic rings. The molecule has 0 bridgehead atoms. The zero-order valence-corrected chi connectivity index (χ0v) is 19.1. The van der Waals surface area contributed by atoms with E-state index in [0.29, 0.717) is 0 Å². The highest BCUT2D eigenvalue weighted by molar-refractivity contribution is 6.33. The molecule has 0 spiro atoms. The molecule has 0 atom stereocenters. The fourth-order valence-corrected chi connectivity index (χ4v) is 3.46. The number of ether oxygens (including phenoxy) is 1. The van der Waals surface area contributed by atoms with Crippen LogP contribution in [0.5, 0.6) is 5.75 Å². The molecule has 0 aliphatic heterocycles. The van der Waals surface area contributed by atoms with E-state index in [1.54, 1.807) is 6.07 Å². The van der Waals surface area contributed by atoms with E-state index in [9.17, 15) is 22.4 Å². The van der Waals surface area contributed by atoms with E-state index in [-0.39, 0.29) is 46.1 Å². The first-order chi connectivity index (χ1) is 16.6. The van der Waals surface area contributed by atoms with Crippen LogP contribution in [0.2, 0.25) is 10.0 Å². The Balaban J connectivity index is 1.39. The van der Waals surface area contributed by atoms with Gasteiger partial charge in [0.2, 0.25) is 0 Å². The summed E-state index contributed by atoms with van der Waals surface area (Å²) in [4.78, 5) is 12.5. The minimum Gasteiger partial charge on any atom is -0.471 e. The monoisotopic (exact) mass is 527 g/mol. The van der Waals surface area contributed by atoms with Gasteiger partial charge in [0.1, 0.15) is 16.6 Å². The number of alkyl halides is 3.